The van der Waals surface area contributed by atoms with Gasteiger partial charge in [-0.25, -0.2) is 0 Å². The maximum atomic E-state index is 12.5. The van der Waals surface area contributed by atoms with Gasteiger partial charge >= 0.3 is 0 Å². The zero-order chi connectivity index (χ0) is 26.4. The van der Waals surface area contributed by atoms with Crippen LogP contribution in [-0.4, -0.2) is 99.3 Å². The van der Waals surface area contributed by atoms with Gasteiger partial charge in [0.15, 0.2) is 12.4 Å². The summed E-state index contributed by atoms with van der Waals surface area (Å²) >= 11 is 0. The molecule has 2 fully saturated rings. The minimum atomic E-state index is -1.81. The summed E-state index contributed by atoms with van der Waals surface area (Å²) in [5.74, 6) is -0.854. The normalized spacial score (nSPS) is 30.4. The Morgan fingerprint density at radius 1 is 1.17 bits per heavy atom. The van der Waals surface area contributed by atoms with Crippen molar-refractivity contribution < 1.29 is 44.6 Å². The summed E-state index contributed by atoms with van der Waals surface area (Å²) in [6.07, 6.45) is -3.13. The van der Waals surface area contributed by atoms with Gasteiger partial charge in [0.25, 0.3) is 5.91 Å². The predicted molar refractivity (Wildman–Crippen MR) is 128 cm³/mol. The number of nitrogens with one attached hydrogen (secondary N) is 1. The van der Waals surface area contributed by atoms with Crippen LogP contribution in [0.5, 0.6) is 0 Å². The van der Waals surface area contributed by atoms with E-state index in [0.29, 0.717) is 12.2 Å². The number of aliphatic hydroxyl groups is 5. The average Bonchev–Trinajstić information content (AvgIpc) is 3.35. The van der Waals surface area contributed by atoms with Gasteiger partial charge in [0.2, 0.25) is 5.91 Å². The topological polar surface area (TPSA) is 169 Å². The van der Waals surface area contributed by atoms with Gasteiger partial charge in [0, 0.05) is 31.7 Å². The highest BCUT2D eigenvalue weighted by atomic mass is 16.6. The lowest BCUT2D eigenvalue weighted by Gasteiger charge is -2.37. The van der Waals surface area contributed by atoms with E-state index in [-0.39, 0.29) is 37.0 Å². The van der Waals surface area contributed by atoms with Crippen LogP contribution in [0.2, 0.25) is 0 Å². The van der Waals surface area contributed by atoms with Gasteiger partial charge in [-0.15, -0.1) is 0 Å². The Hall–Kier alpha value is -2.38. The number of hydrogen-bond donors (Lipinski definition) is 6. The van der Waals surface area contributed by atoms with E-state index in [2.05, 4.69) is 5.32 Å². The molecule has 0 radical (unpaired) electrons. The van der Waals surface area contributed by atoms with E-state index in [0.717, 1.165) is 18.4 Å². The number of methoxy groups -OCH3 is 1. The van der Waals surface area contributed by atoms with E-state index in [1.165, 1.54) is 0 Å². The van der Waals surface area contributed by atoms with Crippen LogP contribution in [0.1, 0.15) is 37.9 Å². The number of carbonyl (C=O) groups is 2. The largest absolute Gasteiger partial charge is 0.394 e. The number of aliphatic hydroxyl groups excluding tert-OH is 5. The molecule has 200 valence electrons. The van der Waals surface area contributed by atoms with Crippen LogP contribution in [0.4, 0.5) is 5.69 Å². The number of nitrogens with zero attached hydrogens (tertiary/aromatic N) is 1. The first-order valence-electron chi connectivity index (χ1n) is 12.1. The van der Waals surface area contributed by atoms with Crippen molar-refractivity contribution in [1.82, 2.24) is 4.90 Å². The van der Waals surface area contributed by atoms with E-state index >= 15 is 0 Å². The molecular formula is C25H36N2O9. The summed E-state index contributed by atoms with van der Waals surface area (Å²) in [6, 6.07) is 6.71. The number of benzene rings is 1. The van der Waals surface area contributed by atoms with Crippen molar-refractivity contribution in [3.8, 4) is 0 Å². The van der Waals surface area contributed by atoms with Gasteiger partial charge < -0.3 is 45.2 Å². The van der Waals surface area contributed by atoms with Crippen LogP contribution in [0.3, 0.4) is 0 Å². The van der Waals surface area contributed by atoms with E-state index in [9.17, 15) is 35.1 Å². The third kappa shape index (κ3) is 6.48. The number of anilines is 1. The molecule has 11 nitrogen and oxygen atoms in total. The molecule has 36 heavy (non-hydrogen) atoms. The number of hydrogen-bond acceptors (Lipinski definition) is 9. The van der Waals surface area contributed by atoms with Crippen molar-refractivity contribution in [3.63, 3.8) is 0 Å². The summed E-state index contributed by atoms with van der Waals surface area (Å²) < 4.78 is 10.6. The van der Waals surface area contributed by atoms with Crippen molar-refractivity contribution in [3.05, 3.63) is 42.0 Å². The molecule has 2 saturated heterocycles. The summed E-state index contributed by atoms with van der Waals surface area (Å²) in [5.41, 5.74) is 1.23. The quantitative estimate of drug-likeness (QED) is 0.245. The lowest BCUT2D eigenvalue weighted by Crippen LogP contribution is -2.60. The highest BCUT2D eigenvalue weighted by Gasteiger charge is 2.46. The zero-order valence-electron chi connectivity index (χ0n) is 20.4. The number of ether oxygens (including phenoxy) is 2. The molecule has 0 unspecified atom stereocenters. The molecule has 0 aromatic heterocycles. The molecular weight excluding hydrogens is 472 g/mol. The Kier molecular flexibility index (Phi) is 9.97. The molecule has 6 N–H and O–H groups in total. The summed E-state index contributed by atoms with van der Waals surface area (Å²) in [5, 5.41) is 50.9. The molecule has 2 aliphatic rings. The zero-order valence-corrected chi connectivity index (χ0v) is 20.4. The molecule has 0 saturated carbocycles. The van der Waals surface area contributed by atoms with Gasteiger partial charge in [-0.3, -0.25) is 9.59 Å². The monoisotopic (exact) mass is 508 g/mol. The van der Waals surface area contributed by atoms with Crippen LogP contribution in [0.25, 0.3) is 0 Å². The van der Waals surface area contributed by atoms with Crippen LogP contribution in [0, 0.1) is 5.92 Å². The maximum absolute atomic E-state index is 12.5. The van der Waals surface area contributed by atoms with Crippen molar-refractivity contribution in [1.29, 1.82) is 0 Å². The Morgan fingerprint density at radius 3 is 2.50 bits per heavy atom. The Bertz CT molecular complexity index is 909. The van der Waals surface area contributed by atoms with Crippen LogP contribution in [0.15, 0.2) is 36.4 Å². The molecule has 1 aromatic carbocycles. The molecule has 2 heterocycles. The lowest BCUT2D eigenvalue weighted by molar-refractivity contribution is -0.274. The van der Waals surface area contributed by atoms with Gasteiger partial charge in [0.05, 0.1) is 18.8 Å². The van der Waals surface area contributed by atoms with Crippen molar-refractivity contribution in [2.24, 2.45) is 5.92 Å². The molecule has 11 heteroatoms. The second-order valence-electron chi connectivity index (χ2n) is 9.24. The van der Waals surface area contributed by atoms with Crippen molar-refractivity contribution in [2.45, 2.75) is 69.0 Å². The standard InChI is InChI=1S/C25H36N2O9/c1-14(5-3-7-18(29)27-12-4-6-17(27)13-28)22(35-2)15-8-10-16(11-9-15)26-24(33)23-20(31)19(30)21(32)25(34)36-23/h3,5,8-11,14,17,19-23,25,28,30-32,34H,4,6-7,12-13H2,1-2H3,(H,26,33)/b5-3+/t14-,17-,19-,20-,21+,22+,23-,25+/m0/s1. The molecule has 2 aliphatic heterocycles. The van der Waals surface area contributed by atoms with Gasteiger partial charge in [-0.1, -0.05) is 31.2 Å². The third-order valence-electron chi connectivity index (χ3n) is 6.73. The fourth-order valence-electron chi connectivity index (χ4n) is 4.66. The Labute approximate surface area is 209 Å². The van der Waals surface area contributed by atoms with Gasteiger partial charge in [-0.05, 0) is 30.5 Å². The van der Waals surface area contributed by atoms with Crippen LogP contribution < -0.4 is 5.32 Å². The van der Waals surface area contributed by atoms with E-state index in [4.69, 9.17) is 9.47 Å². The first kappa shape index (κ1) is 28.2. The van der Waals surface area contributed by atoms with Crippen molar-refractivity contribution >= 4 is 17.5 Å². The highest BCUT2D eigenvalue weighted by molar-refractivity contribution is 5.94. The smallest absolute Gasteiger partial charge is 0.256 e. The lowest BCUT2D eigenvalue weighted by atomic mass is 9.96. The van der Waals surface area contributed by atoms with Gasteiger partial charge in [0.1, 0.15) is 18.3 Å². The molecule has 3 rings (SSSR count). The minimum Gasteiger partial charge on any atom is -0.394 e. The fourth-order valence-corrected chi connectivity index (χ4v) is 4.66. The third-order valence-corrected chi connectivity index (χ3v) is 6.73. The summed E-state index contributed by atoms with van der Waals surface area (Å²) in [4.78, 5) is 26.7. The van der Waals surface area contributed by atoms with Gasteiger partial charge in [-0.2, -0.15) is 0 Å². The summed E-state index contributed by atoms with van der Waals surface area (Å²) in [7, 11) is 1.58. The highest BCUT2D eigenvalue weighted by Crippen LogP contribution is 2.28. The molecule has 0 spiro atoms. The predicted octanol–water partition coefficient (Wildman–Crippen LogP) is -0.322. The Morgan fingerprint density at radius 2 is 1.86 bits per heavy atom. The van der Waals surface area contributed by atoms with Crippen LogP contribution >= 0.6 is 0 Å². The number of carbonyl (C=O) groups excluding carboxylic acids is 2. The minimum absolute atomic E-state index is 0.00864. The second-order valence-corrected chi connectivity index (χ2v) is 9.24. The molecule has 0 bridgehead atoms. The van der Waals surface area contributed by atoms with E-state index in [1.54, 1.807) is 36.3 Å². The molecule has 1 aromatic rings. The molecule has 2 amide bonds. The number of likely N-dealkylation sites (tertiary alicyclic amines) is 1. The Balaban J connectivity index is 1.56. The van der Waals surface area contributed by atoms with Crippen LogP contribution in [-0.2, 0) is 19.1 Å². The SMILES string of the molecule is CO[C@@H](c1ccc(NC(=O)[C@H]2O[C@@H](O)[C@H](O)[C@@H](O)[C@@H]2O)cc1)[C@@H](C)/C=C/CC(=O)N1CCC[C@H]1CO. The number of rotatable bonds is 9. The maximum Gasteiger partial charge on any atom is 0.256 e. The molecule has 0 aliphatic carbocycles. The number of amides is 2. The first-order chi connectivity index (χ1) is 17.2. The van der Waals surface area contributed by atoms with E-state index in [1.807, 2.05) is 19.1 Å². The van der Waals surface area contributed by atoms with E-state index < -0.39 is 36.6 Å². The molecule has 8 atom stereocenters. The summed E-state index contributed by atoms with van der Waals surface area (Å²) in [6.45, 7) is 2.62. The second kappa shape index (κ2) is 12.7. The fraction of sp³-hybridized carbons (Fsp3) is 0.600. The average molecular weight is 509 g/mol. The van der Waals surface area contributed by atoms with Crippen molar-refractivity contribution in [2.75, 3.05) is 25.6 Å². The first-order valence-corrected chi connectivity index (χ1v) is 12.1.